The Morgan fingerprint density at radius 2 is 2.00 bits per heavy atom. The number of aryl methyl sites for hydroxylation is 2. The Bertz CT molecular complexity index is 483. The Labute approximate surface area is 120 Å². The first-order chi connectivity index (χ1) is 9.43. The van der Waals surface area contributed by atoms with Crippen LogP contribution in [-0.2, 0) is 16.0 Å². The van der Waals surface area contributed by atoms with Gasteiger partial charge < -0.3 is 10.4 Å². The van der Waals surface area contributed by atoms with E-state index in [2.05, 4.69) is 5.32 Å². The summed E-state index contributed by atoms with van der Waals surface area (Å²) in [6.45, 7) is 5.92. The van der Waals surface area contributed by atoms with Crippen LogP contribution >= 0.6 is 0 Å². The number of carbonyl (C=O) groups excluding carboxylic acids is 1. The monoisotopic (exact) mass is 277 g/mol. The molecular formula is C16H23NO3. The van der Waals surface area contributed by atoms with Crippen LogP contribution < -0.4 is 5.32 Å². The van der Waals surface area contributed by atoms with Gasteiger partial charge in [-0.25, -0.2) is 4.79 Å². The number of aliphatic carboxylic acids is 1. The van der Waals surface area contributed by atoms with Gasteiger partial charge >= 0.3 is 5.97 Å². The number of carboxylic acid groups (broad SMARTS) is 1. The third kappa shape index (κ3) is 5.03. The molecule has 4 nitrogen and oxygen atoms in total. The molecule has 0 saturated carbocycles. The standard InChI is InChI=1S/C16H23NO3/c1-4-5-6-14(16(19)20)17-15(18)10-13-9-11(2)7-8-12(13)3/h7-9,14H,4-6,10H2,1-3H3,(H,17,18)(H,19,20)/t14-/m0/s1. The maximum absolute atomic E-state index is 12.0. The zero-order valence-corrected chi connectivity index (χ0v) is 12.4. The van der Waals surface area contributed by atoms with E-state index in [-0.39, 0.29) is 12.3 Å². The lowest BCUT2D eigenvalue weighted by Crippen LogP contribution is -2.41. The second kappa shape index (κ2) is 7.68. The average Bonchev–Trinajstić information content (AvgIpc) is 2.38. The SMILES string of the molecule is CCCC[C@H](NC(=O)Cc1cc(C)ccc1C)C(=O)O. The van der Waals surface area contributed by atoms with Crippen molar-refractivity contribution in [1.29, 1.82) is 0 Å². The third-order valence-corrected chi connectivity index (χ3v) is 3.34. The number of carbonyl (C=O) groups is 2. The van der Waals surface area contributed by atoms with Crippen LogP contribution in [0, 0.1) is 13.8 Å². The van der Waals surface area contributed by atoms with Crippen LogP contribution in [0.3, 0.4) is 0 Å². The van der Waals surface area contributed by atoms with Crippen molar-refractivity contribution in [3.8, 4) is 0 Å². The molecule has 0 heterocycles. The molecule has 0 aromatic heterocycles. The van der Waals surface area contributed by atoms with Gasteiger partial charge in [-0.3, -0.25) is 4.79 Å². The molecule has 4 heteroatoms. The molecule has 1 aromatic carbocycles. The molecule has 0 spiro atoms. The second-order valence-corrected chi connectivity index (χ2v) is 5.21. The van der Waals surface area contributed by atoms with E-state index in [4.69, 9.17) is 5.11 Å². The van der Waals surface area contributed by atoms with Crippen molar-refractivity contribution in [3.05, 3.63) is 34.9 Å². The van der Waals surface area contributed by atoms with Gasteiger partial charge in [-0.2, -0.15) is 0 Å². The third-order valence-electron chi connectivity index (χ3n) is 3.34. The first kappa shape index (κ1) is 16.2. The quantitative estimate of drug-likeness (QED) is 0.805. The van der Waals surface area contributed by atoms with Gasteiger partial charge in [0, 0.05) is 0 Å². The van der Waals surface area contributed by atoms with Crippen molar-refractivity contribution >= 4 is 11.9 Å². The Morgan fingerprint density at radius 1 is 1.30 bits per heavy atom. The molecule has 0 aliphatic carbocycles. The molecular weight excluding hydrogens is 254 g/mol. The molecule has 110 valence electrons. The van der Waals surface area contributed by atoms with E-state index >= 15 is 0 Å². The molecule has 0 unspecified atom stereocenters. The molecule has 0 bridgehead atoms. The highest BCUT2D eigenvalue weighted by molar-refractivity contribution is 5.85. The lowest BCUT2D eigenvalue weighted by atomic mass is 10.0. The van der Waals surface area contributed by atoms with Crippen LogP contribution in [0.4, 0.5) is 0 Å². The van der Waals surface area contributed by atoms with Crippen LogP contribution in [0.2, 0.25) is 0 Å². The van der Waals surface area contributed by atoms with E-state index in [1.165, 1.54) is 0 Å². The number of nitrogens with one attached hydrogen (secondary N) is 1. The molecule has 0 aliphatic heterocycles. The minimum Gasteiger partial charge on any atom is -0.480 e. The van der Waals surface area contributed by atoms with Gasteiger partial charge in [0.2, 0.25) is 5.91 Å². The second-order valence-electron chi connectivity index (χ2n) is 5.21. The molecule has 1 aromatic rings. The summed E-state index contributed by atoms with van der Waals surface area (Å²) in [6.07, 6.45) is 2.41. The van der Waals surface area contributed by atoms with Crippen molar-refractivity contribution in [2.45, 2.75) is 52.5 Å². The van der Waals surface area contributed by atoms with Crippen molar-refractivity contribution in [3.63, 3.8) is 0 Å². The summed E-state index contributed by atoms with van der Waals surface area (Å²) in [5, 5.41) is 11.7. The van der Waals surface area contributed by atoms with Crippen molar-refractivity contribution in [2.75, 3.05) is 0 Å². The van der Waals surface area contributed by atoms with Crippen LogP contribution in [0.1, 0.15) is 42.9 Å². The summed E-state index contributed by atoms with van der Waals surface area (Å²) in [7, 11) is 0. The Kier molecular flexibility index (Phi) is 6.22. The molecule has 1 rings (SSSR count). The van der Waals surface area contributed by atoms with Gasteiger partial charge in [-0.1, -0.05) is 43.5 Å². The van der Waals surface area contributed by atoms with Gasteiger partial charge in [-0.15, -0.1) is 0 Å². The van der Waals surface area contributed by atoms with E-state index in [1.54, 1.807) is 0 Å². The lowest BCUT2D eigenvalue weighted by molar-refractivity contribution is -0.142. The highest BCUT2D eigenvalue weighted by Gasteiger charge is 2.19. The molecule has 20 heavy (non-hydrogen) atoms. The number of hydrogen-bond acceptors (Lipinski definition) is 2. The number of rotatable bonds is 7. The molecule has 0 saturated heterocycles. The maximum atomic E-state index is 12.0. The van der Waals surface area contributed by atoms with Gasteiger partial charge in [0.25, 0.3) is 0 Å². The zero-order valence-electron chi connectivity index (χ0n) is 12.4. The molecule has 0 aliphatic rings. The van der Waals surface area contributed by atoms with Gasteiger partial charge in [0.15, 0.2) is 0 Å². The molecule has 2 N–H and O–H groups in total. The summed E-state index contributed by atoms with van der Waals surface area (Å²) >= 11 is 0. The predicted octanol–water partition coefficient (Wildman–Crippen LogP) is 2.61. The molecule has 1 atom stereocenters. The van der Waals surface area contributed by atoms with Crippen molar-refractivity contribution < 1.29 is 14.7 Å². The van der Waals surface area contributed by atoms with Gasteiger partial charge in [-0.05, 0) is 31.4 Å². The van der Waals surface area contributed by atoms with E-state index in [1.807, 2.05) is 39.0 Å². The summed E-state index contributed by atoms with van der Waals surface area (Å²) < 4.78 is 0. The highest BCUT2D eigenvalue weighted by Crippen LogP contribution is 2.11. The molecule has 1 amide bonds. The van der Waals surface area contributed by atoms with Crippen LogP contribution in [0.15, 0.2) is 18.2 Å². The summed E-state index contributed by atoms with van der Waals surface area (Å²) in [5.74, 6) is -1.20. The summed E-state index contributed by atoms with van der Waals surface area (Å²) in [5.41, 5.74) is 3.09. The Balaban J connectivity index is 2.65. The first-order valence-electron chi connectivity index (χ1n) is 7.02. The fourth-order valence-corrected chi connectivity index (χ4v) is 2.07. The van der Waals surface area contributed by atoms with Crippen LogP contribution in [0.25, 0.3) is 0 Å². The molecule has 0 radical (unpaired) electrons. The number of carboxylic acids is 1. The largest absolute Gasteiger partial charge is 0.480 e. The Morgan fingerprint density at radius 3 is 2.60 bits per heavy atom. The summed E-state index contributed by atoms with van der Waals surface area (Å²) in [6, 6.07) is 5.16. The predicted molar refractivity (Wildman–Crippen MR) is 78.7 cm³/mol. The van der Waals surface area contributed by atoms with Gasteiger partial charge in [0.05, 0.1) is 6.42 Å². The topological polar surface area (TPSA) is 66.4 Å². The minimum absolute atomic E-state index is 0.226. The number of unbranched alkanes of at least 4 members (excludes halogenated alkanes) is 1. The van der Waals surface area contributed by atoms with E-state index < -0.39 is 12.0 Å². The lowest BCUT2D eigenvalue weighted by Gasteiger charge is -2.15. The zero-order chi connectivity index (χ0) is 15.1. The van der Waals surface area contributed by atoms with E-state index in [9.17, 15) is 9.59 Å². The fraction of sp³-hybridized carbons (Fsp3) is 0.500. The first-order valence-corrected chi connectivity index (χ1v) is 7.02. The van der Waals surface area contributed by atoms with E-state index in [0.717, 1.165) is 29.5 Å². The maximum Gasteiger partial charge on any atom is 0.326 e. The fourth-order valence-electron chi connectivity index (χ4n) is 2.07. The van der Waals surface area contributed by atoms with Crippen LogP contribution in [0.5, 0.6) is 0 Å². The number of benzene rings is 1. The number of hydrogen-bond donors (Lipinski definition) is 2. The number of amides is 1. The average molecular weight is 277 g/mol. The van der Waals surface area contributed by atoms with Gasteiger partial charge in [0.1, 0.15) is 6.04 Å². The minimum atomic E-state index is -0.965. The van der Waals surface area contributed by atoms with E-state index in [0.29, 0.717) is 6.42 Å². The van der Waals surface area contributed by atoms with Crippen LogP contribution in [-0.4, -0.2) is 23.0 Å². The highest BCUT2D eigenvalue weighted by atomic mass is 16.4. The smallest absolute Gasteiger partial charge is 0.326 e. The molecule has 0 fully saturated rings. The van der Waals surface area contributed by atoms with Crippen molar-refractivity contribution in [2.24, 2.45) is 0 Å². The summed E-state index contributed by atoms with van der Waals surface area (Å²) in [4.78, 5) is 23.1. The van der Waals surface area contributed by atoms with Crippen molar-refractivity contribution in [1.82, 2.24) is 5.32 Å². The normalized spacial score (nSPS) is 11.9. The Hall–Kier alpha value is -1.84.